The number of hydrogen-bond acceptors (Lipinski definition) is 5. The van der Waals surface area contributed by atoms with Gasteiger partial charge in [-0.3, -0.25) is 0 Å². The number of hydrogen-bond donors (Lipinski definition) is 1. The van der Waals surface area contributed by atoms with Gasteiger partial charge in [0.15, 0.2) is 0 Å². The summed E-state index contributed by atoms with van der Waals surface area (Å²) in [4.78, 5) is 10.5. The van der Waals surface area contributed by atoms with Gasteiger partial charge in [0.1, 0.15) is 18.0 Å². The number of anilines is 1. The Hall–Kier alpha value is -2.21. The van der Waals surface area contributed by atoms with E-state index in [1.165, 1.54) is 18.5 Å². The third kappa shape index (κ3) is 4.00. The standard InChI is InChI=1S/C18H22FN3O2/c1-2-24-17-11-16(20-13-21-17)22-8-6-18(23,7-9-22)12-14-4-3-5-15(19)10-14/h3-5,10-11,13,23H,2,6-9,12H2,1H3. The molecule has 0 saturated carbocycles. The largest absolute Gasteiger partial charge is 0.478 e. The summed E-state index contributed by atoms with van der Waals surface area (Å²) in [6.07, 6.45) is 3.18. The van der Waals surface area contributed by atoms with Crippen LogP contribution in [-0.4, -0.2) is 40.4 Å². The summed E-state index contributed by atoms with van der Waals surface area (Å²) in [7, 11) is 0. The molecule has 1 aromatic heterocycles. The fourth-order valence-electron chi connectivity index (χ4n) is 3.09. The Balaban J connectivity index is 1.63. The number of aliphatic hydroxyl groups is 1. The van der Waals surface area contributed by atoms with Gasteiger partial charge in [0, 0.05) is 25.6 Å². The minimum atomic E-state index is -0.805. The Bertz CT molecular complexity index is 687. The molecule has 1 N–H and O–H groups in total. The van der Waals surface area contributed by atoms with Crippen molar-refractivity contribution in [2.24, 2.45) is 0 Å². The Morgan fingerprint density at radius 2 is 2.04 bits per heavy atom. The summed E-state index contributed by atoms with van der Waals surface area (Å²) < 4.78 is 18.7. The molecule has 1 aliphatic heterocycles. The van der Waals surface area contributed by atoms with E-state index in [0.29, 0.717) is 44.8 Å². The molecule has 2 heterocycles. The summed E-state index contributed by atoms with van der Waals surface area (Å²) in [5.41, 5.74) is 0.0201. The fraction of sp³-hybridized carbons (Fsp3) is 0.444. The molecule has 0 amide bonds. The van der Waals surface area contributed by atoms with Gasteiger partial charge in [0.2, 0.25) is 5.88 Å². The van der Waals surface area contributed by atoms with Gasteiger partial charge in [-0.05, 0) is 37.5 Å². The van der Waals surface area contributed by atoms with Gasteiger partial charge < -0.3 is 14.7 Å². The third-order valence-corrected chi connectivity index (χ3v) is 4.36. The summed E-state index contributed by atoms with van der Waals surface area (Å²) in [6, 6.07) is 8.26. The topological polar surface area (TPSA) is 58.5 Å². The number of halogens is 1. The van der Waals surface area contributed by atoms with Gasteiger partial charge in [-0.2, -0.15) is 0 Å². The van der Waals surface area contributed by atoms with Crippen molar-refractivity contribution in [1.29, 1.82) is 0 Å². The van der Waals surface area contributed by atoms with Crippen molar-refractivity contribution in [2.45, 2.75) is 31.8 Å². The Morgan fingerprint density at radius 3 is 2.75 bits per heavy atom. The lowest BCUT2D eigenvalue weighted by Crippen LogP contribution is -2.46. The fourth-order valence-corrected chi connectivity index (χ4v) is 3.09. The molecule has 1 saturated heterocycles. The minimum Gasteiger partial charge on any atom is -0.478 e. The number of piperidine rings is 1. The maximum absolute atomic E-state index is 13.3. The molecule has 1 aromatic carbocycles. The highest BCUT2D eigenvalue weighted by Crippen LogP contribution is 2.29. The molecule has 0 spiro atoms. The van der Waals surface area contributed by atoms with E-state index >= 15 is 0 Å². The van der Waals surface area contributed by atoms with Crippen molar-refractivity contribution < 1.29 is 14.2 Å². The number of aromatic nitrogens is 2. The van der Waals surface area contributed by atoms with Gasteiger partial charge in [0.25, 0.3) is 0 Å². The molecular weight excluding hydrogens is 309 g/mol. The molecule has 1 aliphatic rings. The van der Waals surface area contributed by atoms with E-state index in [9.17, 15) is 9.50 Å². The molecule has 0 bridgehead atoms. The average Bonchev–Trinajstić information content (AvgIpc) is 2.56. The zero-order valence-electron chi connectivity index (χ0n) is 13.8. The van der Waals surface area contributed by atoms with Gasteiger partial charge in [-0.25, -0.2) is 14.4 Å². The lowest BCUT2D eigenvalue weighted by molar-refractivity contribution is 0.0164. The second-order valence-corrected chi connectivity index (χ2v) is 6.17. The number of ether oxygens (including phenoxy) is 1. The van der Waals surface area contributed by atoms with E-state index in [2.05, 4.69) is 14.9 Å². The third-order valence-electron chi connectivity index (χ3n) is 4.36. The van der Waals surface area contributed by atoms with Crippen LogP contribution in [0.2, 0.25) is 0 Å². The normalized spacial score (nSPS) is 16.9. The molecule has 0 aliphatic carbocycles. The van der Waals surface area contributed by atoms with Crippen LogP contribution < -0.4 is 9.64 Å². The van der Waals surface area contributed by atoms with E-state index in [-0.39, 0.29) is 5.82 Å². The van der Waals surface area contributed by atoms with Crippen LogP contribution in [0.1, 0.15) is 25.3 Å². The monoisotopic (exact) mass is 331 g/mol. The molecule has 5 nitrogen and oxygen atoms in total. The quantitative estimate of drug-likeness (QED) is 0.912. The Morgan fingerprint density at radius 1 is 1.25 bits per heavy atom. The maximum atomic E-state index is 13.3. The van der Waals surface area contributed by atoms with E-state index in [4.69, 9.17) is 4.74 Å². The highest BCUT2D eigenvalue weighted by Gasteiger charge is 2.33. The number of nitrogens with zero attached hydrogens (tertiary/aromatic N) is 3. The zero-order chi connectivity index (χ0) is 17.0. The van der Waals surface area contributed by atoms with Crippen molar-refractivity contribution in [3.05, 3.63) is 48.0 Å². The second-order valence-electron chi connectivity index (χ2n) is 6.17. The van der Waals surface area contributed by atoms with Crippen molar-refractivity contribution in [3.8, 4) is 5.88 Å². The lowest BCUT2D eigenvalue weighted by atomic mass is 9.85. The summed E-state index contributed by atoms with van der Waals surface area (Å²) >= 11 is 0. The van der Waals surface area contributed by atoms with Gasteiger partial charge in [-0.15, -0.1) is 0 Å². The van der Waals surface area contributed by atoms with Gasteiger partial charge in [-0.1, -0.05) is 12.1 Å². The van der Waals surface area contributed by atoms with Gasteiger partial charge >= 0.3 is 0 Å². The van der Waals surface area contributed by atoms with Crippen molar-refractivity contribution in [1.82, 2.24) is 9.97 Å². The molecule has 0 radical (unpaired) electrons. The highest BCUT2D eigenvalue weighted by atomic mass is 19.1. The van der Waals surface area contributed by atoms with Crippen LogP contribution in [0.25, 0.3) is 0 Å². The lowest BCUT2D eigenvalue weighted by Gasteiger charge is -2.38. The van der Waals surface area contributed by atoms with Crippen LogP contribution in [0.4, 0.5) is 10.2 Å². The molecule has 2 aromatic rings. The van der Waals surface area contributed by atoms with Gasteiger partial charge in [0.05, 0.1) is 12.2 Å². The predicted octanol–water partition coefficient (Wildman–Crippen LogP) is 2.59. The van der Waals surface area contributed by atoms with Crippen LogP contribution in [0.5, 0.6) is 5.88 Å². The van der Waals surface area contributed by atoms with Crippen LogP contribution in [0, 0.1) is 5.82 Å². The van der Waals surface area contributed by atoms with Crippen molar-refractivity contribution >= 4 is 5.82 Å². The van der Waals surface area contributed by atoms with E-state index in [0.717, 1.165) is 11.4 Å². The SMILES string of the molecule is CCOc1cc(N2CCC(O)(Cc3cccc(F)c3)CC2)ncn1. The van der Waals surface area contributed by atoms with Crippen LogP contribution in [0.15, 0.2) is 36.7 Å². The first kappa shape index (κ1) is 16.6. The number of rotatable bonds is 5. The van der Waals surface area contributed by atoms with E-state index < -0.39 is 5.60 Å². The Kier molecular flexibility index (Phi) is 4.94. The summed E-state index contributed by atoms with van der Waals surface area (Å²) in [5.74, 6) is 1.10. The molecule has 128 valence electrons. The molecule has 0 atom stereocenters. The number of benzene rings is 1. The maximum Gasteiger partial charge on any atom is 0.218 e. The van der Waals surface area contributed by atoms with Crippen LogP contribution in [0.3, 0.4) is 0 Å². The molecule has 24 heavy (non-hydrogen) atoms. The van der Waals surface area contributed by atoms with Crippen molar-refractivity contribution in [2.75, 3.05) is 24.6 Å². The minimum absolute atomic E-state index is 0.266. The average molecular weight is 331 g/mol. The first-order valence-corrected chi connectivity index (χ1v) is 8.25. The first-order valence-electron chi connectivity index (χ1n) is 8.25. The molecule has 6 heteroatoms. The van der Waals surface area contributed by atoms with Crippen LogP contribution in [-0.2, 0) is 6.42 Å². The zero-order valence-corrected chi connectivity index (χ0v) is 13.8. The highest BCUT2D eigenvalue weighted by molar-refractivity contribution is 5.41. The van der Waals surface area contributed by atoms with Crippen LogP contribution >= 0.6 is 0 Å². The first-order chi connectivity index (χ1) is 11.6. The molecular formula is C18H22FN3O2. The van der Waals surface area contributed by atoms with E-state index in [1.807, 2.05) is 19.1 Å². The molecule has 1 fully saturated rings. The molecule has 0 unspecified atom stereocenters. The summed E-state index contributed by atoms with van der Waals surface area (Å²) in [6.45, 7) is 3.85. The molecule has 3 rings (SSSR count). The predicted molar refractivity (Wildman–Crippen MR) is 89.7 cm³/mol. The van der Waals surface area contributed by atoms with Crippen molar-refractivity contribution in [3.63, 3.8) is 0 Å². The van der Waals surface area contributed by atoms with E-state index in [1.54, 1.807) is 6.07 Å². The smallest absolute Gasteiger partial charge is 0.218 e. The Labute approximate surface area is 141 Å². The second kappa shape index (κ2) is 7.13. The summed E-state index contributed by atoms with van der Waals surface area (Å²) in [5, 5.41) is 10.8.